The number of carbonyl (C=O) groups is 1. The van der Waals surface area contributed by atoms with Gasteiger partial charge in [-0.3, -0.25) is 14.4 Å². The van der Waals surface area contributed by atoms with Crippen LogP contribution in [0.5, 0.6) is 0 Å². The molecule has 1 saturated heterocycles. The molecule has 1 unspecified atom stereocenters. The maximum Gasteiger partial charge on any atom is 0.261 e. The van der Waals surface area contributed by atoms with Crippen molar-refractivity contribution < 1.29 is 13.2 Å². The monoisotopic (exact) mass is 462 g/mol. The van der Waals surface area contributed by atoms with Gasteiger partial charge in [0.05, 0.1) is 22.2 Å². The summed E-state index contributed by atoms with van der Waals surface area (Å²) in [6.07, 6.45) is 0. The van der Waals surface area contributed by atoms with Gasteiger partial charge in [0, 0.05) is 38.4 Å². The zero-order chi connectivity index (χ0) is 22.8. The van der Waals surface area contributed by atoms with E-state index in [0.29, 0.717) is 17.8 Å². The fraction of sp³-hybridized carbons (Fsp3) is 0.240. The lowest BCUT2D eigenvalue weighted by Gasteiger charge is -2.42. The van der Waals surface area contributed by atoms with E-state index >= 15 is 0 Å². The summed E-state index contributed by atoms with van der Waals surface area (Å²) in [5, 5.41) is 3.02. The fourth-order valence-corrected chi connectivity index (χ4v) is 5.62. The molecule has 33 heavy (non-hydrogen) atoms. The van der Waals surface area contributed by atoms with Crippen molar-refractivity contribution in [2.45, 2.75) is 17.5 Å². The lowest BCUT2D eigenvalue weighted by atomic mass is 10.1. The minimum absolute atomic E-state index is 0.152. The van der Waals surface area contributed by atoms with Crippen LogP contribution in [0, 0.1) is 0 Å². The standard InChI is InChI=1S/C25H26N4O3S/c30-25-23-15-20(27-33(31,32)22-9-5-2-6-10-22)11-12-24(23)29-14-13-28(18-21(29)16-26-25)17-19-7-3-1-4-8-19/h1-12,15,21,27H,13-14,16-18H2,(H,26,30). The van der Waals surface area contributed by atoms with E-state index in [9.17, 15) is 13.2 Å². The van der Waals surface area contributed by atoms with Crippen LogP contribution in [0.1, 0.15) is 15.9 Å². The number of benzene rings is 3. The van der Waals surface area contributed by atoms with E-state index < -0.39 is 10.0 Å². The number of sulfonamides is 1. The van der Waals surface area contributed by atoms with Crippen molar-refractivity contribution in [3.63, 3.8) is 0 Å². The molecule has 0 aliphatic carbocycles. The summed E-state index contributed by atoms with van der Waals surface area (Å²) in [7, 11) is -3.73. The molecule has 0 radical (unpaired) electrons. The molecule has 0 aromatic heterocycles. The summed E-state index contributed by atoms with van der Waals surface area (Å²) in [6.45, 7) is 3.96. The second kappa shape index (κ2) is 8.88. The minimum Gasteiger partial charge on any atom is -0.364 e. The lowest BCUT2D eigenvalue weighted by molar-refractivity contribution is 0.0952. The van der Waals surface area contributed by atoms with Crippen LogP contribution in [0.4, 0.5) is 11.4 Å². The number of anilines is 2. The zero-order valence-electron chi connectivity index (χ0n) is 18.1. The van der Waals surface area contributed by atoms with E-state index in [0.717, 1.165) is 31.9 Å². The van der Waals surface area contributed by atoms with Crippen molar-refractivity contribution in [1.29, 1.82) is 0 Å². The van der Waals surface area contributed by atoms with Crippen molar-refractivity contribution in [1.82, 2.24) is 10.2 Å². The number of hydrogen-bond acceptors (Lipinski definition) is 5. The average molecular weight is 463 g/mol. The van der Waals surface area contributed by atoms with E-state index in [1.165, 1.54) is 17.7 Å². The van der Waals surface area contributed by atoms with Gasteiger partial charge in [-0.25, -0.2) is 8.42 Å². The van der Waals surface area contributed by atoms with E-state index in [1.54, 1.807) is 30.3 Å². The number of nitrogens with zero attached hydrogens (tertiary/aromatic N) is 2. The number of amides is 1. The summed E-state index contributed by atoms with van der Waals surface area (Å²) in [5.74, 6) is -0.185. The molecule has 2 aliphatic heterocycles. The van der Waals surface area contributed by atoms with E-state index in [-0.39, 0.29) is 16.8 Å². The first-order valence-corrected chi connectivity index (χ1v) is 12.5. The van der Waals surface area contributed by atoms with Crippen LogP contribution in [-0.2, 0) is 16.6 Å². The number of hydrogen-bond donors (Lipinski definition) is 2. The van der Waals surface area contributed by atoms with Crippen LogP contribution in [0.25, 0.3) is 0 Å². The van der Waals surface area contributed by atoms with Gasteiger partial charge < -0.3 is 10.2 Å². The Hall–Kier alpha value is -3.36. The highest BCUT2D eigenvalue weighted by molar-refractivity contribution is 7.92. The number of nitrogens with one attached hydrogen (secondary N) is 2. The number of fused-ring (bicyclic) bond motifs is 3. The summed E-state index contributed by atoms with van der Waals surface area (Å²) in [5.41, 5.74) is 2.98. The second-order valence-corrected chi connectivity index (χ2v) is 10.1. The van der Waals surface area contributed by atoms with Crippen LogP contribution < -0.4 is 14.9 Å². The maximum atomic E-state index is 12.9. The van der Waals surface area contributed by atoms with Crippen LogP contribution in [0.2, 0.25) is 0 Å². The van der Waals surface area contributed by atoms with Gasteiger partial charge >= 0.3 is 0 Å². The third-order valence-corrected chi connectivity index (χ3v) is 7.57. The molecule has 1 amide bonds. The molecule has 1 atom stereocenters. The van der Waals surface area contributed by atoms with E-state index in [4.69, 9.17) is 0 Å². The Morgan fingerprint density at radius 2 is 1.67 bits per heavy atom. The molecular weight excluding hydrogens is 436 g/mol. The maximum absolute atomic E-state index is 12.9. The quantitative estimate of drug-likeness (QED) is 0.609. The Bertz CT molecular complexity index is 1250. The molecule has 2 N–H and O–H groups in total. The Morgan fingerprint density at radius 1 is 0.939 bits per heavy atom. The highest BCUT2D eigenvalue weighted by atomic mass is 32.2. The predicted octanol–water partition coefficient (Wildman–Crippen LogP) is 2.92. The van der Waals surface area contributed by atoms with Gasteiger partial charge in [0.2, 0.25) is 0 Å². The average Bonchev–Trinajstić information content (AvgIpc) is 2.96. The van der Waals surface area contributed by atoms with Crippen molar-refractivity contribution in [2.75, 3.05) is 35.8 Å². The molecule has 8 heteroatoms. The minimum atomic E-state index is -3.73. The Labute approximate surface area is 194 Å². The molecule has 1 fully saturated rings. The smallest absolute Gasteiger partial charge is 0.261 e. The van der Waals surface area contributed by atoms with Crippen molar-refractivity contribution >= 4 is 27.3 Å². The van der Waals surface area contributed by atoms with Gasteiger partial charge in [-0.15, -0.1) is 0 Å². The third-order valence-electron chi connectivity index (χ3n) is 6.17. The van der Waals surface area contributed by atoms with Crippen molar-refractivity contribution in [3.05, 3.63) is 90.0 Å². The second-order valence-electron chi connectivity index (χ2n) is 8.43. The molecule has 0 saturated carbocycles. The van der Waals surface area contributed by atoms with Crippen molar-refractivity contribution in [2.24, 2.45) is 0 Å². The van der Waals surface area contributed by atoms with E-state index in [2.05, 4.69) is 44.1 Å². The molecule has 3 aromatic carbocycles. The van der Waals surface area contributed by atoms with Crippen molar-refractivity contribution in [3.8, 4) is 0 Å². The number of piperazine rings is 1. The predicted molar refractivity (Wildman–Crippen MR) is 129 cm³/mol. The SMILES string of the molecule is O=C1NCC2CN(Cc3ccccc3)CCN2c2ccc(NS(=O)(=O)c3ccccc3)cc21. The first-order chi connectivity index (χ1) is 16.0. The molecular formula is C25H26N4O3S. The molecule has 170 valence electrons. The first kappa shape index (κ1) is 21.5. The normalized spacial score (nSPS) is 18.6. The Balaban J connectivity index is 1.36. The zero-order valence-corrected chi connectivity index (χ0v) is 19.0. The highest BCUT2D eigenvalue weighted by Gasteiger charge is 2.33. The molecule has 3 aromatic rings. The summed E-state index contributed by atoms with van der Waals surface area (Å²) in [6, 6.07) is 24.0. The molecule has 7 nitrogen and oxygen atoms in total. The van der Waals surface area contributed by atoms with Gasteiger partial charge in [0.1, 0.15) is 0 Å². The summed E-state index contributed by atoms with van der Waals surface area (Å²) >= 11 is 0. The highest BCUT2D eigenvalue weighted by Crippen LogP contribution is 2.31. The Kier molecular flexibility index (Phi) is 5.78. The van der Waals surface area contributed by atoms with E-state index in [1.807, 2.05) is 12.1 Å². The lowest BCUT2D eigenvalue weighted by Crippen LogP contribution is -2.55. The molecule has 0 bridgehead atoms. The van der Waals surface area contributed by atoms with Gasteiger partial charge in [0.25, 0.3) is 15.9 Å². The number of rotatable bonds is 5. The topological polar surface area (TPSA) is 81.8 Å². The largest absolute Gasteiger partial charge is 0.364 e. The van der Waals surface area contributed by atoms with Gasteiger partial charge in [-0.05, 0) is 35.9 Å². The fourth-order valence-electron chi connectivity index (χ4n) is 4.55. The first-order valence-electron chi connectivity index (χ1n) is 11.0. The van der Waals surface area contributed by atoms with Crippen LogP contribution in [0.15, 0.2) is 83.8 Å². The van der Waals surface area contributed by atoms with Gasteiger partial charge in [-0.1, -0.05) is 48.5 Å². The summed E-state index contributed by atoms with van der Waals surface area (Å²) < 4.78 is 28.0. The van der Waals surface area contributed by atoms with Crippen LogP contribution in [0.3, 0.4) is 0 Å². The summed E-state index contributed by atoms with van der Waals surface area (Å²) in [4.78, 5) is 17.7. The Morgan fingerprint density at radius 3 is 2.42 bits per heavy atom. The molecule has 0 spiro atoms. The van der Waals surface area contributed by atoms with Gasteiger partial charge in [-0.2, -0.15) is 0 Å². The number of carbonyl (C=O) groups excluding carboxylic acids is 1. The van der Waals surface area contributed by atoms with Gasteiger partial charge in [0.15, 0.2) is 0 Å². The molecule has 2 heterocycles. The van der Waals surface area contributed by atoms with Crippen LogP contribution in [-0.4, -0.2) is 51.4 Å². The third kappa shape index (κ3) is 4.58. The molecule has 5 rings (SSSR count). The van der Waals surface area contributed by atoms with Crippen LogP contribution >= 0.6 is 0 Å². The molecule has 2 aliphatic rings.